The number of benzene rings is 3. The Morgan fingerprint density at radius 3 is 1.58 bits per heavy atom. The average Bonchev–Trinajstić information content (AvgIpc) is 2.66. The molecule has 0 spiro atoms. The van der Waals surface area contributed by atoms with Gasteiger partial charge in [0.15, 0.2) is 0 Å². The lowest BCUT2D eigenvalue weighted by Crippen LogP contribution is -2.09. The molecular weight excluding hydrogens is 452 g/mol. The van der Waals surface area contributed by atoms with Crippen LogP contribution in [0, 0.1) is 0 Å². The van der Waals surface area contributed by atoms with E-state index in [2.05, 4.69) is 121 Å². The fourth-order valence-corrected chi connectivity index (χ4v) is 3.16. The monoisotopic (exact) mass is 470 g/mol. The summed E-state index contributed by atoms with van der Waals surface area (Å²) in [4.78, 5) is 6.66. The van der Waals surface area contributed by atoms with Crippen LogP contribution >= 0.6 is 31.9 Å². The van der Waals surface area contributed by atoms with Gasteiger partial charge in [0, 0.05) is 38.8 Å². The molecule has 0 bridgehead atoms. The molecule has 3 rings (SSSR count). The average molecular weight is 472 g/mol. The molecular formula is C22H20Br2N2. The van der Waals surface area contributed by atoms with Crippen LogP contribution in [0.1, 0.15) is 18.9 Å². The molecule has 0 aromatic heterocycles. The summed E-state index contributed by atoms with van der Waals surface area (Å²) in [6.07, 6.45) is 3.01. The zero-order valence-corrected chi connectivity index (χ0v) is 17.7. The highest BCUT2D eigenvalue weighted by Crippen LogP contribution is 2.35. The van der Waals surface area contributed by atoms with Crippen molar-refractivity contribution in [1.29, 1.82) is 0 Å². The Labute approximate surface area is 171 Å². The highest BCUT2D eigenvalue weighted by molar-refractivity contribution is 9.10. The molecule has 0 saturated heterocycles. The molecule has 0 N–H and O–H groups in total. The Balaban J connectivity index is 1.97. The van der Waals surface area contributed by atoms with Crippen LogP contribution in [0.3, 0.4) is 0 Å². The molecule has 0 radical (unpaired) electrons. The molecule has 4 heteroatoms. The van der Waals surface area contributed by atoms with Crippen molar-refractivity contribution in [3.05, 3.63) is 87.3 Å². The standard InChI is InChI=1S/C22H20Br2N2/c1-2-15-25-16-17-3-9-20(10-4-17)26(21-11-5-18(23)6-12-21)22-13-7-19(24)8-14-22/h3-14,16H,2,15H2,1H3. The van der Waals surface area contributed by atoms with Crippen molar-refractivity contribution in [2.24, 2.45) is 4.99 Å². The summed E-state index contributed by atoms with van der Waals surface area (Å²) in [7, 11) is 0. The summed E-state index contributed by atoms with van der Waals surface area (Å²) in [5.74, 6) is 0. The first kappa shape index (κ1) is 18.9. The quantitative estimate of drug-likeness (QED) is 0.339. The van der Waals surface area contributed by atoms with E-state index in [1.165, 1.54) is 0 Å². The zero-order valence-electron chi connectivity index (χ0n) is 14.6. The zero-order chi connectivity index (χ0) is 18.4. The lowest BCUT2D eigenvalue weighted by Gasteiger charge is -2.25. The summed E-state index contributed by atoms with van der Waals surface area (Å²) in [6, 6.07) is 25.2. The smallest absolute Gasteiger partial charge is 0.0462 e. The molecule has 26 heavy (non-hydrogen) atoms. The van der Waals surface area contributed by atoms with Crippen LogP contribution in [0.2, 0.25) is 0 Å². The molecule has 0 aliphatic rings. The van der Waals surface area contributed by atoms with E-state index >= 15 is 0 Å². The van der Waals surface area contributed by atoms with Crippen LogP contribution < -0.4 is 4.90 Å². The molecule has 2 nitrogen and oxygen atoms in total. The van der Waals surface area contributed by atoms with E-state index in [0.717, 1.165) is 44.5 Å². The number of nitrogens with zero attached hydrogens (tertiary/aromatic N) is 2. The first-order valence-electron chi connectivity index (χ1n) is 8.58. The van der Waals surface area contributed by atoms with Crippen molar-refractivity contribution in [2.45, 2.75) is 13.3 Å². The van der Waals surface area contributed by atoms with Gasteiger partial charge in [-0.1, -0.05) is 50.9 Å². The van der Waals surface area contributed by atoms with Crippen molar-refractivity contribution in [2.75, 3.05) is 11.4 Å². The molecule has 0 fully saturated rings. The minimum absolute atomic E-state index is 0.867. The Hall–Kier alpha value is -1.91. The SMILES string of the molecule is CCCN=Cc1ccc(N(c2ccc(Br)cc2)c2ccc(Br)cc2)cc1. The lowest BCUT2D eigenvalue weighted by molar-refractivity contribution is 0.937. The van der Waals surface area contributed by atoms with E-state index in [-0.39, 0.29) is 0 Å². The second-order valence-electron chi connectivity index (χ2n) is 5.92. The van der Waals surface area contributed by atoms with Crippen molar-refractivity contribution < 1.29 is 0 Å². The summed E-state index contributed by atoms with van der Waals surface area (Å²) in [5, 5.41) is 0. The molecule has 0 saturated carbocycles. The number of hydrogen-bond acceptors (Lipinski definition) is 2. The number of hydrogen-bond donors (Lipinski definition) is 0. The highest BCUT2D eigenvalue weighted by Gasteiger charge is 2.12. The van der Waals surface area contributed by atoms with E-state index in [1.807, 2.05) is 6.21 Å². The van der Waals surface area contributed by atoms with Gasteiger partial charge < -0.3 is 4.90 Å². The van der Waals surface area contributed by atoms with Gasteiger partial charge in [-0.15, -0.1) is 0 Å². The van der Waals surface area contributed by atoms with Gasteiger partial charge in [-0.3, -0.25) is 4.99 Å². The van der Waals surface area contributed by atoms with Gasteiger partial charge in [0.2, 0.25) is 0 Å². The van der Waals surface area contributed by atoms with Crippen LogP contribution in [0.15, 0.2) is 86.7 Å². The maximum atomic E-state index is 4.42. The van der Waals surface area contributed by atoms with Crippen LogP contribution in [-0.4, -0.2) is 12.8 Å². The fraction of sp³-hybridized carbons (Fsp3) is 0.136. The molecule has 3 aromatic rings. The summed E-state index contributed by atoms with van der Waals surface area (Å²) < 4.78 is 2.14. The van der Waals surface area contributed by atoms with Crippen molar-refractivity contribution >= 4 is 55.1 Å². The van der Waals surface area contributed by atoms with E-state index in [9.17, 15) is 0 Å². The number of aliphatic imine (C=N–C) groups is 1. The molecule has 3 aromatic carbocycles. The van der Waals surface area contributed by atoms with Crippen LogP contribution in [0.25, 0.3) is 0 Å². The van der Waals surface area contributed by atoms with E-state index in [0.29, 0.717) is 0 Å². The second-order valence-corrected chi connectivity index (χ2v) is 7.75. The van der Waals surface area contributed by atoms with Gasteiger partial charge in [-0.2, -0.15) is 0 Å². The van der Waals surface area contributed by atoms with Crippen LogP contribution in [0.5, 0.6) is 0 Å². The summed E-state index contributed by atoms with van der Waals surface area (Å²) >= 11 is 7.03. The molecule has 0 unspecified atom stereocenters. The third-order valence-corrected chi connectivity index (χ3v) is 4.97. The van der Waals surface area contributed by atoms with E-state index < -0.39 is 0 Å². The molecule has 0 aliphatic carbocycles. The fourth-order valence-electron chi connectivity index (χ4n) is 2.64. The van der Waals surface area contributed by atoms with Crippen molar-refractivity contribution in [1.82, 2.24) is 0 Å². The number of rotatable bonds is 6. The second kappa shape index (κ2) is 9.15. The third kappa shape index (κ3) is 4.83. The minimum Gasteiger partial charge on any atom is -0.311 e. The first-order chi connectivity index (χ1) is 12.7. The van der Waals surface area contributed by atoms with Crippen molar-refractivity contribution in [3.63, 3.8) is 0 Å². The van der Waals surface area contributed by atoms with E-state index in [1.54, 1.807) is 0 Å². The Morgan fingerprint density at radius 1 is 0.731 bits per heavy atom. The largest absolute Gasteiger partial charge is 0.311 e. The Kier molecular flexibility index (Phi) is 6.64. The summed E-state index contributed by atoms with van der Waals surface area (Å²) in [6.45, 7) is 3.00. The van der Waals surface area contributed by atoms with E-state index in [4.69, 9.17) is 0 Å². The summed E-state index contributed by atoms with van der Waals surface area (Å²) in [5.41, 5.74) is 4.46. The van der Waals surface area contributed by atoms with Gasteiger partial charge in [-0.25, -0.2) is 0 Å². The van der Waals surface area contributed by atoms with Crippen molar-refractivity contribution in [3.8, 4) is 0 Å². The topological polar surface area (TPSA) is 15.6 Å². The lowest BCUT2D eigenvalue weighted by atomic mass is 10.1. The van der Waals surface area contributed by atoms with Crippen LogP contribution in [0.4, 0.5) is 17.1 Å². The number of anilines is 3. The predicted molar refractivity (Wildman–Crippen MR) is 119 cm³/mol. The maximum absolute atomic E-state index is 4.42. The predicted octanol–water partition coefficient (Wildman–Crippen LogP) is 7.51. The minimum atomic E-state index is 0.867. The Morgan fingerprint density at radius 2 is 1.15 bits per heavy atom. The first-order valence-corrected chi connectivity index (χ1v) is 10.2. The maximum Gasteiger partial charge on any atom is 0.0462 e. The van der Waals surface area contributed by atoms with Gasteiger partial charge in [0.05, 0.1) is 0 Å². The van der Waals surface area contributed by atoms with Gasteiger partial charge >= 0.3 is 0 Å². The highest BCUT2D eigenvalue weighted by atomic mass is 79.9. The van der Waals surface area contributed by atoms with Gasteiger partial charge in [0.1, 0.15) is 0 Å². The Bertz CT molecular complexity index is 809. The normalized spacial score (nSPS) is 11.0. The van der Waals surface area contributed by atoms with Crippen LogP contribution in [-0.2, 0) is 0 Å². The van der Waals surface area contributed by atoms with Gasteiger partial charge in [-0.05, 0) is 72.6 Å². The molecule has 0 heterocycles. The molecule has 0 atom stereocenters. The molecule has 0 amide bonds. The third-order valence-electron chi connectivity index (χ3n) is 3.91. The molecule has 0 aliphatic heterocycles. The molecule has 132 valence electrons. The van der Waals surface area contributed by atoms with Gasteiger partial charge in [0.25, 0.3) is 0 Å². The number of halogens is 2.